The van der Waals surface area contributed by atoms with Crippen molar-refractivity contribution in [3.63, 3.8) is 0 Å². The number of aromatic nitrogens is 1. The van der Waals surface area contributed by atoms with E-state index in [9.17, 15) is 13.9 Å². The summed E-state index contributed by atoms with van der Waals surface area (Å²) in [5, 5.41) is 15.4. The van der Waals surface area contributed by atoms with E-state index >= 15 is 0 Å². The number of nitrogens with zero attached hydrogens (tertiary/aromatic N) is 1. The molecular formula is C17H14Cl2F2N2O. The lowest BCUT2D eigenvalue weighted by atomic mass is 9.98. The SMILES string of the molecule is O[C@@H]1CNCC(F)(F)[C@H]1n1c2ccc(Cl)cc2c2cc(Cl)ccc21. The second-order valence-electron chi connectivity index (χ2n) is 6.10. The summed E-state index contributed by atoms with van der Waals surface area (Å²) in [5.41, 5.74) is 1.20. The summed E-state index contributed by atoms with van der Waals surface area (Å²) in [6, 6.07) is 8.84. The Hall–Kier alpha value is -1.40. The molecule has 126 valence electrons. The van der Waals surface area contributed by atoms with E-state index in [1.165, 1.54) is 4.57 Å². The molecule has 0 bridgehead atoms. The minimum absolute atomic E-state index is 0.114. The number of rotatable bonds is 1. The van der Waals surface area contributed by atoms with Crippen molar-refractivity contribution in [2.45, 2.75) is 18.1 Å². The molecule has 0 spiro atoms. The maximum Gasteiger partial charge on any atom is 0.283 e. The molecule has 3 nitrogen and oxygen atoms in total. The summed E-state index contributed by atoms with van der Waals surface area (Å²) in [6.07, 6.45) is -1.21. The summed E-state index contributed by atoms with van der Waals surface area (Å²) < 4.78 is 30.7. The average molecular weight is 371 g/mol. The van der Waals surface area contributed by atoms with Gasteiger partial charge in [-0.2, -0.15) is 0 Å². The maximum absolute atomic E-state index is 14.6. The third-order valence-corrected chi connectivity index (χ3v) is 4.99. The number of aliphatic hydroxyl groups excluding tert-OH is 1. The number of benzene rings is 2. The molecule has 1 aliphatic rings. The number of piperidine rings is 1. The summed E-state index contributed by atoms with van der Waals surface area (Å²) >= 11 is 12.2. The molecule has 2 heterocycles. The van der Waals surface area contributed by atoms with E-state index in [2.05, 4.69) is 5.32 Å². The minimum atomic E-state index is -3.09. The van der Waals surface area contributed by atoms with Crippen molar-refractivity contribution in [1.29, 1.82) is 0 Å². The van der Waals surface area contributed by atoms with Crippen molar-refractivity contribution in [2.75, 3.05) is 13.1 Å². The third-order valence-electron chi connectivity index (χ3n) is 4.52. The van der Waals surface area contributed by atoms with E-state index in [0.717, 1.165) is 10.8 Å². The van der Waals surface area contributed by atoms with Gasteiger partial charge < -0.3 is 15.0 Å². The van der Waals surface area contributed by atoms with E-state index in [1.807, 2.05) is 0 Å². The molecule has 1 aliphatic heterocycles. The van der Waals surface area contributed by atoms with Gasteiger partial charge in [-0.1, -0.05) is 23.2 Å². The van der Waals surface area contributed by atoms with Gasteiger partial charge >= 0.3 is 0 Å². The van der Waals surface area contributed by atoms with Gasteiger partial charge in [0.15, 0.2) is 0 Å². The molecule has 1 aromatic heterocycles. The highest BCUT2D eigenvalue weighted by Gasteiger charge is 2.48. The molecule has 2 atom stereocenters. The van der Waals surface area contributed by atoms with Crippen molar-refractivity contribution in [1.82, 2.24) is 9.88 Å². The van der Waals surface area contributed by atoms with Crippen molar-refractivity contribution < 1.29 is 13.9 Å². The van der Waals surface area contributed by atoms with E-state index in [4.69, 9.17) is 23.2 Å². The first-order valence-corrected chi connectivity index (χ1v) is 8.29. The number of β-amino-alcohol motifs (C(OH)–C–C–N with tert-alkyl or cyclic N) is 1. The van der Waals surface area contributed by atoms with Crippen LogP contribution >= 0.6 is 23.2 Å². The van der Waals surface area contributed by atoms with Crippen LogP contribution in [-0.4, -0.2) is 34.8 Å². The molecule has 0 aliphatic carbocycles. The van der Waals surface area contributed by atoms with Crippen LogP contribution in [0.2, 0.25) is 10.0 Å². The van der Waals surface area contributed by atoms with Gasteiger partial charge in [0.05, 0.1) is 12.6 Å². The zero-order valence-corrected chi connectivity index (χ0v) is 14.0. The highest BCUT2D eigenvalue weighted by Crippen LogP contribution is 2.41. The topological polar surface area (TPSA) is 37.2 Å². The predicted molar refractivity (Wildman–Crippen MR) is 92.3 cm³/mol. The standard InChI is InChI=1S/C17H14Cl2F2N2O/c18-9-1-3-13-11(5-9)12-6-10(19)2-4-14(12)23(13)16-15(24)7-22-8-17(16,20)21/h1-6,15-16,22,24H,7-8H2/t15-,16+/m1/s1. The molecule has 2 aromatic carbocycles. The Morgan fingerprint density at radius 3 is 2.08 bits per heavy atom. The fraction of sp³-hybridized carbons (Fsp3) is 0.294. The monoisotopic (exact) mass is 370 g/mol. The Balaban J connectivity index is 2.10. The fourth-order valence-corrected chi connectivity index (χ4v) is 3.89. The first-order chi connectivity index (χ1) is 11.4. The molecule has 1 fully saturated rings. The van der Waals surface area contributed by atoms with Crippen LogP contribution < -0.4 is 5.32 Å². The second-order valence-corrected chi connectivity index (χ2v) is 6.97. The Morgan fingerprint density at radius 2 is 1.58 bits per heavy atom. The minimum Gasteiger partial charge on any atom is -0.389 e. The van der Waals surface area contributed by atoms with Crippen molar-refractivity contribution >= 4 is 45.0 Å². The van der Waals surface area contributed by atoms with E-state index in [-0.39, 0.29) is 6.54 Å². The molecule has 4 rings (SSSR count). The zero-order chi connectivity index (χ0) is 17.1. The van der Waals surface area contributed by atoms with Gasteiger partial charge in [0.1, 0.15) is 6.04 Å². The molecule has 2 N–H and O–H groups in total. The Morgan fingerprint density at radius 1 is 1.04 bits per heavy atom. The summed E-state index contributed by atoms with van der Waals surface area (Å²) in [4.78, 5) is 0. The number of nitrogens with one attached hydrogen (secondary N) is 1. The van der Waals surface area contributed by atoms with E-state index < -0.39 is 24.6 Å². The number of aliphatic hydroxyl groups is 1. The van der Waals surface area contributed by atoms with Crippen LogP contribution in [0.25, 0.3) is 21.8 Å². The van der Waals surface area contributed by atoms with Crippen molar-refractivity contribution in [3.8, 4) is 0 Å². The van der Waals surface area contributed by atoms with E-state index in [0.29, 0.717) is 21.1 Å². The average Bonchev–Trinajstić information content (AvgIpc) is 2.80. The quantitative estimate of drug-likeness (QED) is 0.672. The van der Waals surface area contributed by atoms with Gasteiger partial charge in [-0.05, 0) is 36.4 Å². The summed E-state index contributed by atoms with van der Waals surface area (Å²) in [5.74, 6) is -3.09. The molecule has 7 heteroatoms. The van der Waals surface area contributed by atoms with E-state index in [1.54, 1.807) is 36.4 Å². The Labute approximate surface area is 146 Å². The summed E-state index contributed by atoms with van der Waals surface area (Å²) in [7, 11) is 0. The molecular weight excluding hydrogens is 357 g/mol. The molecule has 3 aromatic rings. The fourth-order valence-electron chi connectivity index (χ4n) is 3.54. The number of halogens is 4. The number of alkyl halides is 2. The predicted octanol–water partition coefficient (Wildman–Crippen LogP) is 4.24. The summed E-state index contributed by atoms with van der Waals surface area (Å²) in [6.45, 7) is -0.361. The van der Waals surface area contributed by atoms with Crippen LogP contribution in [0.5, 0.6) is 0 Å². The van der Waals surface area contributed by atoms with Gasteiger partial charge in [0.25, 0.3) is 5.92 Å². The van der Waals surface area contributed by atoms with Crippen molar-refractivity contribution in [2.24, 2.45) is 0 Å². The first-order valence-electron chi connectivity index (χ1n) is 7.54. The lowest BCUT2D eigenvalue weighted by Crippen LogP contribution is -2.54. The van der Waals surface area contributed by atoms with Crippen LogP contribution in [0.4, 0.5) is 8.78 Å². The number of hydrogen-bond acceptors (Lipinski definition) is 2. The second kappa shape index (κ2) is 5.56. The molecule has 24 heavy (non-hydrogen) atoms. The number of fused-ring (bicyclic) bond motifs is 3. The largest absolute Gasteiger partial charge is 0.389 e. The third kappa shape index (κ3) is 2.39. The smallest absolute Gasteiger partial charge is 0.283 e. The molecule has 0 amide bonds. The van der Waals surface area contributed by atoms with Crippen LogP contribution in [0.3, 0.4) is 0 Å². The van der Waals surface area contributed by atoms with Gasteiger partial charge in [-0.25, -0.2) is 8.78 Å². The van der Waals surface area contributed by atoms with Gasteiger partial charge in [0, 0.05) is 38.4 Å². The lowest BCUT2D eigenvalue weighted by molar-refractivity contribution is -0.110. The molecule has 0 radical (unpaired) electrons. The highest BCUT2D eigenvalue weighted by molar-refractivity contribution is 6.33. The van der Waals surface area contributed by atoms with Crippen LogP contribution in [0, 0.1) is 0 Å². The van der Waals surface area contributed by atoms with Crippen molar-refractivity contribution in [3.05, 3.63) is 46.4 Å². The Kier molecular flexibility index (Phi) is 3.73. The normalized spacial score (nSPS) is 23.9. The van der Waals surface area contributed by atoms with Crippen LogP contribution in [0.15, 0.2) is 36.4 Å². The maximum atomic E-state index is 14.6. The van der Waals surface area contributed by atoms with Crippen LogP contribution in [0.1, 0.15) is 6.04 Å². The van der Waals surface area contributed by atoms with Crippen LogP contribution in [-0.2, 0) is 0 Å². The number of hydrogen-bond donors (Lipinski definition) is 2. The zero-order valence-electron chi connectivity index (χ0n) is 12.4. The Bertz CT molecular complexity index is 882. The molecule has 1 saturated heterocycles. The highest BCUT2D eigenvalue weighted by atomic mass is 35.5. The van der Waals surface area contributed by atoms with Gasteiger partial charge in [0.2, 0.25) is 0 Å². The van der Waals surface area contributed by atoms with Gasteiger partial charge in [-0.3, -0.25) is 0 Å². The molecule has 0 saturated carbocycles. The molecule has 0 unspecified atom stereocenters. The lowest BCUT2D eigenvalue weighted by Gasteiger charge is -2.37. The van der Waals surface area contributed by atoms with Gasteiger partial charge in [-0.15, -0.1) is 0 Å². The first kappa shape index (κ1) is 16.1.